The van der Waals surface area contributed by atoms with E-state index in [-0.39, 0.29) is 12.0 Å². The van der Waals surface area contributed by atoms with E-state index in [9.17, 15) is 10.2 Å². The maximum Gasteiger partial charge on any atom is 0.116 e. The van der Waals surface area contributed by atoms with Crippen LogP contribution in [0.2, 0.25) is 0 Å². The Morgan fingerprint density at radius 2 is 1.57 bits per heavy atom. The monoisotopic (exact) mass is 398 g/mol. The van der Waals surface area contributed by atoms with Crippen molar-refractivity contribution in [1.29, 1.82) is 0 Å². The average molecular weight is 399 g/mol. The molecule has 2 N–H and O–H groups in total. The van der Waals surface area contributed by atoms with Crippen molar-refractivity contribution in [2.45, 2.75) is 57.0 Å². The van der Waals surface area contributed by atoms with Gasteiger partial charge in [-0.2, -0.15) is 0 Å². The first-order chi connectivity index (χ1) is 14.6. The molecule has 2 nitrogen and oxygen atoms in total. The molecule has 0 radical (unpaired) electrons. The Hall–Kier alpha value is -2.32. The second-order valence-corrected chi connectivity index (χ2v) is 10.2. The number of hydrogen-bond acceptors (Lipinski definition) is 2. The first-order valence-corrected chi connectivity index (χ1v) is 11.6. The van der Waals surface area contributed by atoms with Crippen LogP contribution in [0.1, 0.15) is 56.1 Å². The molecule has 3 aromatic rings. The third-order valence-electron chi connectivity index (χ3n) is 8.48. The first-order valence-electron chi connectivity index (χ1n) is 11.6. The maximum absolute atomic E-state index is 10.2. The Balaban J connectivity index is 1.45. The maximum atomic E-state index is 10.2. The van der Waals surface area contributed by atoms with Crippen molar-refractivity contribution in [3.05, 3.63) is 65.7 Å². The average Bonchev–Trinajstić information content (AvgIpc) is 2.93. The van der Waals surface area contributed by atoms with Gasteiger partial charge in [0, 0.05) is 0 Å². The van der Waals surface area contributed by atoms with Crippen molar-refractivity contribution < 1.29 is 10.2 Å². The van der Waals surface area contributed by atoms with Crippen LogP contribution in [-0.4, -0.2) is 10.2 Å². The summed E-state index contributed by atoms with van der Waals surface area (Å²) in [6, 6.07) is 18.8. The first kappa shape index (κ1) is 18.4. The van der Waals surface area contributed by atoms with Gasteiger partial charge in [0.05, 0.1) is 6.61 Å². The molecule has 0 saturated heterocycles. The lowest BCUT2D eigenvalue weighted by Gasteiger charge is -2.40. The molecule has 3 saturated carbocycles. The Morgan fingerprint density at radius 3 is 2.47 bits per heavy atom. The molecule has 0 spiro atoms. The van der Waals surface area contributed by atoms with Crippen LogP contribution in [-0.2, 0) is 12.0 Å². The molecule has 0 heterocycles. The molecule has 3 aliphatic carbocycles. The number of benzene rings is 3. The number of aliphatic hydroxyl groups excluding tert-OH is 1. The molecule has 3 bridgehead atoms. The quantitative estimate of drug-likeness (QED) is 0.524. The van der Waals surface area contributed by atoms with Crippen LogP contribution in [0.5, 0.6) is 5.75 Å². The van der Waals surface area contributed by atoms with Crippen LogP contribution in [0.4, 0.5) is 0 Å². The number of phenolic OH excluding ortho intramolecular Hbond substituents is 1. The zero-order valence-corrected chi connectivity index (χ0v) is 17.5. The van der Waals surface area contributed by atoms with E-state index in [0.29, 0.717) is 5.75 Å². The highest BCUT2D eigenvalue weighted by atomic mass is 16.3. The van der Waals surface area contributed by atoms with Gasteiger partial charge < -0.3 is 10.2 Å². The number of fused-ring (bicyclic) bond motifs is 3. The van der Waals surface area contributed by atoms with Gasteiger partial charge in [-0.1, -0.05) is 55.7 Å². The lowest BCUT2D eigenvalue weighted by Crippen LogP contribution is -2.32. The third kappa shape index (κ3) is 2.88. The number of hydrogen-bond donors (Lipinski definition) is 2. The highest BCUT2D eigenvalue weighted by molar-refractivity contribution is 5.88. The van der Waals surface area contributed by atoms with E-state index >= 15 is 0 Å². The van der Waals surface area contributed by atoms with E-state index in [0.717, 1.165) is 34.1 Å². The summed E-state index contributed by atoms with van der Waals surface area (Å²) in [6.07, 6.45) is 9.63. The molecule has 30 heavy (non-hydrogen) atoms. The van der Waals surface area contributed by atoms with Crippen molar-refractivity contribution in [1.82, 2.24) is 0 Å². The van der Waals surface area contributed by atoms with Gasteiger partial charge in [-0.05, 0) is 100 Å². The van der Waals surface area contributed by atoms with E-state index in [1.165, 1.54) is 61.6 Å². The van der Waals surface area contributed by atoms with E-state index in [2.05, 4.69) is 36.4 Å². The minimum atomic E-state index is 0.133. The molecular formula is C28H30O2. The summed E-state index contributed by atoms with van der Waals surface area (Å²) in [5.41, 5.74) is 5.28. The van der Waals surface area contributed by atoms with Gasteiger partial charge in [0.25, 0.3) is 0 Å². The van der Waals surface area contributed by atoms with Gasteiger partial charge in [-0.3, -0.25) is 0 Å². The molecule has 3 aliphatic rings. The fourth-order valence-electron chi connectivity index (χ4n) is 7.28. The lowest BCUT2D eigenvalue weighted by atomic mass is 9.65. The molecule has 0 amide bonds. The standard InChI is InChI=1S/C28H30O2/c29-17-24-7-6-22(19-4-5-21-12-26(30)9-8-20(21)11-19)13-27(24)28-14-18-2-1-3-23(15-28)25(10-18)16-28/h4-9,11-13,18,23,25,29-30H,1-3,10,14-17H2. The van der Waals surface area contributed by atoms with Crippen molar-refractivity contribution in [2.75, 3.05) is 0 Å². The zero-order valence-electron chi connectivity index (χ0n) is 17.5. The van der Waals surface area contributed by atoms with E-state index in [4.69, 9.17) is 0 Å². The van der Waals surface area contributed by atoms with Crippen LogP contribution in [0.15, 0.2) is 54.6 Å². The van der Waals surface area contributed by atoms with E-state index in [1.54, 1.807) is 6.07 Å². The third-order valence-corrected chi connectivity index (χ3v) is 8.48. The van der Waals surface area contributed by atoms with Crippen LogP contribution in [0.25, 0.3) is 21.9 Å². The Bertz CT molecular complexity index is 1110. The van der Waals surface area contributed by atoms with Gasteiger partial charge in [0.2, 0.25) is 0 Å². The predicted molar refractivity (Wildman–Crippen MR) is 121 cm³/mol. The molecule has 154 valence electrons. The molecule has 0 aromatic heterocycles. The molecule has 0 aliphatic heterocycles. The second kappa shape index (κ2) is 6.85. The van der Waals surface area contributed by atoms with Gasteiger partial charge in [-0.25, -0.2) is 0 Å². The number of aromatic hydroxyl groups is 1. The summed E-state index contributed by atoms with van der Waals surface area (Å²) >= 11 is 0. The molecule has 4 unspecified atom stereocenters. The fourth-order valence-corrected chi connectivity index (χ4v) is 7.28. The predicted octanol–water partition coefficient (Wildman–Crippen LogP) is 6.56. The van der Waals surface area contributed by atoms with Gasteiger partial charge in [0.15, 0.2) is 0 Å². The van der Waals surface area contributed by atoms with Gasteiger partial charge >= 0.3 is 0 Å². The molecule has 6 rings (SSSR count). The lowest BCUT2D eigenvalue weighted by molar-refractivity contribution is 0.213. The van der Waals surface area contributed by atoms with Crippen molar-refractivity contribution in [3.63, 3.8) is 0 Å². The Kier molecular flexibility index (Phi) is 4.21. The molecule has 3 aromatic carbocycles. The largest absolute Gasteiger partial charge is 0.508 e. The van der Waals surface area contributed by atoms with Gasteiger partial charge in [0.1, 0.15) is 5.75 Å². The minimum Gasteiger partial charge on any atom is -0.508 e. The molecule has 4 atom stereocenters. The normalized spacial score (nSPS) is 30.0. The van der Waals surface area contributed by atoms with Gasteiger partial charge in [-0.15, -0.1) is 0 Å². The second-order valence-electron chi connectivity index (χ2n) is 10.2. The van der Waals surface area contributed by atoms with Crippen LogP contribution < -0.4 is 0 Å². The summed E-state index contributed by atoms with van der Waals surface area (Å²) in [6.45, 7) is 0.133. The van der Waals surface area contributed by atoms with Crippen molar-refractivity contribution in [3.8, 4) is 16.9 Å². The van der Waals surface area contributed by atoms with Crippen LogP contribution >= 0.6 is 0 Å². The Labute approximate surface area is 178 Å². The highest BCUT2D eigenvalue weighted by Crippen LogP contribution is 2.61. The molecule has 2 heteroatoms. The van der Waals surface area contributed by atoms with E-state index in [1.807, 2.05) is 12.1 Å². The SMILES string of the molecule is OCc1ccc(-c2ccc3cc(O)ccc3c2)cc1C12CC3CCCC(C1)C(C3)C2. The van der Waals surface area contributed by atoms with Crippen LogP contribution in [0, 0.1) is 17.8 Å². The van der Waals surface area contributed by atoms with Crippen molar-refractivity contribution in [2.24, 2.45) is 17.8 Å². The number of phenols is 1. The molecule has 3 fully saturated rings. The summed E-state index contributed by atoms with van der Waals surface area (Å²) in [7, 11) is 0. The minimum absolute atomic E-state index is 0.133. The fraction of sp³-hybridized carbons (Fsp3) is 0.429. The zero-order chi connectivity index (χ0) is 20.3. The van der Waals surface area contributed by atoms with Crippen molar-refractivity contribution >= 4 is 10.8 Å². The smallest absolute Gasteiger partial charge is 0.116 e. The summed E-state index contributed by atoms with van der Waals surface area (Å²) in [5.74, 6) is 2.97. The summed E-state index contributed by atoms with van der Waals surface area (Å²) in [5, 5.41) is 22.1. The Morgan fingerprint density at radius 1 is 0.800 bits per heavy atom. The summed E-state index contributed by atoms with van der Waals surface area (Å²) < 4.78 is 0. The van der Waals surface area contributed by atoms with E-state index < -0.39 is 0 Å². The summed E-state index contributed by atoms with van der Waals surface area (Å²) in [4.78, 5) is 0. The number of aliphatic hydroxyl groups is 1. The number of rotatable bonds is 3. The van der Waals surface area contributed by atoms with Crippen LogP contribution in [0.3, 0.4) is 0 Å². The molecular weight excluding hydrogens is 368 g/mol. The topological polar surface area (TPSA) is 40.5 Å². The highest BCUT2D eigenvalue weighted by Gasteiger charge is 2.52.